The van der Waals surface area contributed by atoms with Gasteiger partial charge in [-0.3, -0.25) is 4.79 Å². The Hall–Kier alpha value is -1.31. The molecule has 1 aliphatic carbocycles. The van der Waals surface area contributed by atoms with Crippen LogP contribution >= 0.6 is 0 Å². The van der Waals surface area contributed by atoms with Crippen molar-refractivity contribution in [1.82, 2.24) is 0 Å². The number of hydrogen-bond donors (Lipinski definition) is 1. The van der Waals surface area contributed by atoms with Gasteiger partial charge < -0.3 is 5.32 Å². The van der Waals surface area contributed by atoms with Gasteiger partial charge in [0.1, 0.15) is 0 Å². The zero-order chi connectivity index (χ0) is 14.2. The van der Waals surface area contributed by atoms with Crippen molar-refractivity contribution in [3.63, 3.8) is 0 Å². The van der Waals surface area contributed by atoms with E-state index < -0.39 is 0 Å². The van der Waals surface area contributed by atoms with Gasteiger partial charge in [-0.15, -0.1) is 0 Å². The molecule has 0 aliphatic heterocycles. The van der Waals surface area contributed by atoms with Crippen LogP contribution in [0.1, 0.15) is 63.9 Å². The number of nitrogens with one attached hydrogen (secondary N) is 1. The van der Waals surface area contributed by atoms with Crippen molar-refractivity contribution in [2.45, 2.75) is 64.7 Å². The van der Waals surface area contributed by atoms with Crippen molar-refractivity contribution in [1.29, 1.82) is 0 Å². The molecule has 0 spiro atoms. The first-order valence-corrected chi connectivity index (χ1v) is 8.17. The van der Waals surface area contributed by atoms with Crippen LogP contribution in [0.25, 0.3) is 0 Å². The average Bonchev–Trinajstić information content (AvgIpc) is 2.49. The second kappa shape index (κ2) is 8.08. The van der Waals surface area contributed by atoms with Crippen LogP contribution in [0.15, 0.2) is 24.3 Å². The number of carbonyl (C=O) groups excluding carboxylic acids is 1. The van der Waals surface area contributed by atoms with Gasteiger partial charge >= 0.3 is 0 Å². The summed E-state index contributed by atoms with van der Waals surface area (Å²) in [6, 6.07) is 8.17. The van der Waals surface area contributed by atoms with Gasteiger partial charge in [0.15, 0.2) is 0 Å². The van der Waals surface area contributed by atoms with Crippen LogP contribution in [-0.2, 0) is 11.2 Å². The highest BCUT2D eigenvalue weighted by Gasteiger charge is 2.15. The van der Waals surface area contributed by atoms with E-state index in [1.54, 1.807) is 0 Å². The van der Waals surface area contributed by atoms with E-state index in [-0.39, 0.29) is 5.91 Å². The Morgan fingerprint density at radius 3 is 2.70 bits per heavy atom. The summed E-state index contributed by atoms with van der Waals surface area (Å²) in [6.45, 7) is 2.17. The number of para-hydroxylation sites is 1. The van der Waals surface area contributed by atoms with E-state index in [1.165, 1.54) is 37.7 Å². The number of hydrogen-bond acceptors (Lipinski definition) is 1. The number of aryl methyl sites for hydroxylation is 1. The smallest absolute Gasteiger partial charge is 0.224 e. The Morgan fingerprint density at radius 1 is 1.20 bits per heavy atom. The van der Waals surface area contributed by atoms with Gasteiger partial charge in [-0.25, -0.2) is 0 Å². The largest absolute Gasteiger partial charge is 0.326 e. The Kier molecular flexibility index (Phi) is 6.10. The van der Waals surface area contributed by atoms with E-state index in [0.717, 1.165) is 30.9 Å². The summed E-state index contributed by atoms with van der Waals surface area (Å²) in [5.74, 6) is 0.958. The number of benzene rings is 1. The van der Waals surface area contributed by atoms with Gasteiger partial charge in [-0.2, -0.15) is 0 Å². The molecule has 1 aliphatic rings. The average molecular weight is 273 g/mol. The molecular weight excluding hydrogens is 246 g/mol. The number of amides is 1. The summed E-state index contributed by atoms with van der Waals surface area (Å²) in [4.78, 5) is 12.1. The number of rotatable bonds is 6. The second-order valence-corrected chi connectivity index (χ2v) is 6.00. The predicted octanol–water partition coefficient (Wildman–Crippen LogP) is 4.94. The third kappa shape index (κ3) is 4.66. The third-order valence-electron chi connectivity index (χ3n) is 4.32. The molecule has 1 amide bonds. The van der Waals surface area contributed by atoms with Gasteiger partial charge in [0.05, 0.1) is 0 Å². The molecule has 1 saturated carbocycles. The van der Waals surface area contributed by atoms with Crippen LogP contribution in [0.4, 0.5) is 5.69 Å². The molecule has 2 heteroatoms. The van der Waals surface area contributed by atoms with Crippen LogP contribution in [0.3, 0.4) is 0 Å². The molecule has 0 heterocycles. The molecule has 1 aromatic rings. The standard InChI is InChI=1S/C18H27NO/c1-2-8-16-11-6-7-12-17(16)19-18(20)14-13-15-9-4-3-5-10-15/h6-7,11-12,15H,2-5,8-10,13-14H2,1H3,(H,19,20). The minimum Gasteiger partial charge on any atom is -0.326 e. The molecular formula is C18H27NO. The molecule has 20 heavy (non-hydrogen) atoms. The minimum absolute atomic E-state index is 0.180. The second-order valence-electron chi connectivity index (χ2n) is 6.00. The van der Waals surface area contributed by atoms with Crippen molar-refractivity contribution in [3.05, 3.63) is 29.8 Å². The van der Waals surface area contributed by atoms with Crippen molar-refractivity contribution < 1.29 is 4.79 Å². The first-order valence-electron chi connectivity index (χ1n) is 8.17. The normalized spacial score (nSPS) is 16.1. The highest BCUT2D eigenvalue weighted by molar-refractivity contribution is 5.91. The molecule has 0 unspecified atom stereocenters. The third-order valence-corrected chi connectivity index (χ3v) is 4.32. The van der Waals surface area contributed by atoms with Gasteiger partial charge in [0.2, 0.25) is 5.91 Å². The molecule has 0 radical (unpaired) electrons. The van der Waals surface area contributed by atoms with Gasteiger partial charge in [-0.05, 0) is 30.4 Å². The zero-order valence-corrected chi connectivity index (χ0v) is 12.7. The van der Waals surface area contributed by atoms with Crippen molar-refractivity contribution in [2.75, 3.05) is 5.32 Å². The fourth-order valence-corrected chi connectivity index (χ4v) is 3.15. The Morgan fingerprint density at radius 2 is 1.95 bits per heavy atom. The lowest BCUT2D eigenvalue weighted by molar-refractivity contribution is -0.116. The highest BCUT2D eigenvalue weighted by Crippen LogP contribution is 2.27. The summed E-state index contributed by atoms with van der Waals surface area (Å²) in [5.41, 5.74) is 2.25. The van der Waals surface area contributed by atoms with E-state index in [9.17, 15) is 4.79 Å². The van der Waals surface area contributed by atoms with Crippen molar-refractivity contribution in [3.8, 4) is 0 Å². The molecule has 0 aromatic heterocycles. The maximum absolute atomic E-state index is 12.1. The first-order chi connectivity index (χ1) is 9.79. The van der Waals surface area contributed by atoms with E-state index in [1.807, 2.05) is 18.2 Å². The Labute approximate surface area is 123 Å². The monoisotopic (exact) mass is 273 g/mol. The molecule has 110 valence electrons. The van der Waals surface area contributed by atoms with Gasteiger partial charge in [0.25, 0.3) is 0 Å². The van der Waals surface area contributed by atoms with E-state index in [0.29, 0.717) is 6.42 Å². The fraction of sp³-hybridized carbons (Fsp3) is 0.611. The molecule has 2 nitrogen and oxygen atoms in total. The fourth-order valence-electron chi connectivity index (χ4n) is 3.15. The van der Waals surface area contributed by atoms with Gasteiger partial charge in [0, 0.05) is 12.1 Å². The predicted molar refractivity (Wildman–Crippen MR) is 84.9 cm³/mol. The summed E-state index contributed by atoms with van der Waals surface area (Å²) < 4.78 is 0. The van der Waals surface area contributed by atoms with Crippen molar-refractivity contribution in [2.24, 2.45) is 5.92 Å². The lowest BCUT2D eigenvalue weighted by Gasteiger charge is -2.21. The SMILES string of the molecule is CCCc1ccccc1NC(=O)CCC1CCCCC1. The quantitative estimate of drug-likeness (QED) is 0.781. The lowest BCUT2D eigenvalue weighted by Crippen LogP contribution is -2.15. The number of carbonyl (C=O) groups is 1. The van der Waals surface area contributed by atoms with Crippen LogP contribution in [0, 0.1) is 5.92 Å². The first kappa shape index (κ1) is 15.1. The zero-order valence-electron chi connectivity index (χ0n) is 12.7. The summed E-state index contributed by atoms with van der Waals surface area (Å²) in [6.07, 6.45) is 10.6. The van der Waals surface area contributed by atoms with E-state index in [4.69, 9.17) is 0 Å². The van der Waals surface area contributed by atoms with Crippen molar-refractivity contribution >= 4 is 11.6 Å². The molecule has 2 rings (SSSR count). The molecule has 1 fully saturated rings. The molecule has 0 atom stereocenters. The van der Waals surface area contributed by atoms with Crippen LogP contribution in [0.5, 0.6) is 0 Å². The Balaban J connectivity index is 1.81. The van der Waals surface area contributed by atoms with E-state index in [2.05, 4.69) is 18.3 Å². The topological polar surface area (TPSA) is 29.1 Å². The van der Waals surface area contributed by atoms with Crippen LogP contribution < -0.4 is 5.32 Å². The van der Waals surface area contributed by atoms with Gasteiger partial charge in [-0.1, -0.05) is 63.6 Å². The van der Waals surface area contributed by atoms with Crippen LogP contribution in [0.2, 0.25) is 0 Å². The maximum atomic E-state index is 12.1. The Bertz CT molecular complexity index is 421. The van der Waals surface area contributed by atoms with E-state index >= 15 is 0 Å². The highest BCUT2D eigenvalue weighted by atomic mass is 16.1. The maximum Gasteiger partial charge on any atom is 0.224 e. The number of anilines is 1. The molecule has 1 N–H and O–H groups in total. The lowest BCUT2D eigenvalue weighted by atomic mass is 9.86. The molecule has 1 aromatic carbocycles. The summed E-state index contributed by atoms with van der Waals surface area (Å²) in [7, 11) is 0. The minimum atomic E-state index is 0.180. The summed E-state index contributed by atoms with van der Waals surface area (Å²) >= 11 is 0. The molecule has 0 saturated heterocycles. The molecule has 0 bridgehead atoms. The summed E-state index contributed by atoms with van der Waals surface area (Å²) in [5, 5.41) is 3.10. The van der Waals surface area contributed by atoms with Crippen LogP contribution in [-0.4, -0.2) is 5.91 Å².